The number of carbonyl (C=O) groups excluding carboxylic acids is 2. The molecule has 0 aliphatic carbocycles. The molecular weight excluding hydrogens is 532 g/mol. The van der Waals surface area contributed by atoms with Gasteiger partial charge in [-0.05, 0) is 36.4 Å². The molecule has 5 rings (SSSR count). The minimum absolute atomic E-state index is 0.112. The summed E-state index contributed by atoms with van der Waals surface area (Å²) in [5.74, 6) is -0.893. The van der Waals surface area contributed by atoms with Crippen LogP contribution in [0.1, 0.15) is 20.8 Å². The molecule has 1 aliphatic rings. The van der Waals surface area contributed by atoms with Gasteiger partial charge in [0.2, 0.25) is 0 Å². The molecule has 2 amide bonds. The molecule has 0 spiro atoms. The summed E-state index contributed by atoms with van der Waals surface area (Å²) >= 11 is 12.7. The van der Waals surface area contributed by atoms with E-state index in [1.807, 2.05) is 18.2 Å². The van der Waals surface area contributed by atoms with Gasteiger partial charge in [-0.3, -0.25) is 25.4 Å². The molecule has 0 atom stereocenters. The van der Waals surface area contributed by atoms with Gasteiger partial charge in [-0.2, -0.15) is 5.10 Å². The Morgan fingerprint density at radius 3 is 2.47 bits per heavy atom. The molecule has 3 heterocycles. The molecule has 0 radical (unpaired) electrons. The molecule has 2 aromatic heterocycles. The maximum atomic E-state index is 13.4. The summed E-state index contributed by atoms with van der Waals surface area (Å²) in [5.41, 5.74) is 7.74. The Morgan fingerprint density at radius 2 is 1.76 bits per heavy atom. The highest BCUT2D eigenvalue weighted by Crippen LogP contribution is 2.32. The number of nitrogens with one attached hydrogen (secondary N) is 4. The van der Waals surface area contributed by atoms with E-state index in [0.29, 0.717) is 23.5 Å². The number of anilines is 1. The van der Waals surface area contributed by atoms with Crippen molar-refractivity contribution in [3.05, 3.63) is 94.0 Å². The Kier molecular flexibility index (Phi) is 7.66. The van der Waals surface area contributed by atoms with Crippen molar-refractivity contribution >= 4 is 40.8 Å². The van der Waals surface area contributed by atoms with Crippen molar-refractivity contribution in [3.63, 3.8) is 0 Å². The van der Waals surface area contributed by atoms with Gasteiger partial charge in [0.1, 0.15) is 11.6 Å². The van der Waals surface area contributed by atoms with E-state index in [0.717, 1.165) is 19.3 Å². The van der Waals surface area contributed by atoms with Gasteiger partial charge < -0.3 is 10.6 Å². The highest BCUT2D eigenvalue weighted by Gasteiger charge is 2.22. The minimum Gasteiger partial charge on any atom is -0.350 e. The van der Waals surface area contributed by atoms with Crippen molar-refractivity contribution in [1.29, 1.82) is 0 Å². The Hall–Kier alpha value is -3.83. The quantitative estimate of drug-likeness (QED) is 0.274. The van der Waals surface area contributed by atoms with E-state index in [1.54, 1.807) is 12.1 Å². The fourth-order valence-corrected chi connectivity index (χ4v) is 4.53. The first kappa shape index (κ1) is 25.8. The SMILES string of the molecule is O=C(NCC1CNNC1)c1cc(NC(=O)c2cc(-c3ccc(F)cn3)c(Cl)cc2Cl)n(-c2ccccc2)n1. The molecule has 194 valence electrons. The molecule has 9 nitrogen and oxygen atoms in total. The van der Waals surface area contributed by atoms with Gasteiger partial charge in [0.15, 0.2) is 5.69 Å². The lowest BCUT2D eigenvalue weighted by molar-refractivity contribution is 0.0942. The van der Waals surface area contributed by atoms with Gasteiger partial charge in [-0.25, -0.2) is 9.07 Å². The number of benzene rings is 2. The second-order valence-electron chi connectivity index (χ2n) is 8.63. The van der Waals surface area contributed by atoms with Crippen molar-refractivity contribution in [3.8, 4) is 16.9 Å². The highest BCUT2D eigenvalue weighted by molar-refractivity contribution is 6.38. The number of para-hydroxylation sites is 1. The summed E-state index contributed by atoms with van der Waals surface area (Å²) in [6.45, 7) is 1.97. The van der Waals surface area contributed by atoms with Crippen LogP contribution in [0, 0.1) is 11.7 Å². The monoisotopic (exact) mass is 553 g/mol. The second-order valence-corrected chi connectivity index (χ2v) is 9.44. The lowest BCUT2D eigenvalue weighted by atomic mass is 10.1. The summed E-state index contributed by atoms with van der Waals surface area (Å²) < 4.78 is 14.8. The number of hydrogen-bond donors (Lipinski definition) is 4. The summed E-state index contributed by atoms with van der Waals surface area (Å²) in [6.07, 6.45) is 1.06. The number of amides is 2. The number of carbonyl (C=O) groups is 2. The number of aromatic nitrogens is 3. The number of hydrogen-bond acceptors (Lipinski definition) is 6. The van der Waals surface area contributed by atoms with Crippen LogP contribution < -0.4 is 21.5 Å². The minimum atomic E-state index is -0.554. The zero-order valence-electron chi connectivity index (χ0n) is 19.8. The first-order valence-corrected chi connectivity index (χ1v) is 12.5. The predicted octanol–water partition coefficient (Wildman–Crippen LogP) is 4.09. The molecule has 1 fully saturated rings. The summed E-state index contributed by atoms with van der Waals surface area (Å²) in [6, 6.07) is 16.2. The smallest absolute Gasteiger partial charge is 0.271 e. The van der Waals surface area contributed by atoms with Crippen LogP contribution in [0.2, 0.25) is 10.0 Å². The van der Waals surface area contributed by atoms with Crippen LogP contribution in [0.4, 0.5) is 10.2 Å². The van der Waals surface area contributed by atoms with E-state index in [-0.39, 0.29) is 38.9 Å². The lowest BCUT2D eigenvalue weighted by Gasteiger charge is -2.12. The molecule has 0 unspecified atom stereocenters. The van der Waals surface area contributed by atoms with Crippen LogP contribution >= 0.6 is 23.2 Å². The van der Waals surface area contributed by atoms with E-state index in [9.17, 15) is 14.0 Å². The van der Waals surface area contributed by atoms with Crippen molar-refractivity contribution in [1.82, 2.24) is 30.9 Å². The molecule has 1 saturated heterocycles. The first-order valence-electron chi connectivity index (χ1n) is 11.7. The van der Waals surface area contributed by atoms with E-state index >= 15 is 0 Å². The van der Waals surface area contributed by atoms with Gasteiger partial charge in [0, 0.05) is 37.2 Å². The zero-order chi connectivity index (χ0) is 26.6. The molecule has 0 saturated carbocycles. The van der Waals surface area contributed by atoms with Crippen LogP contribution in [0.25, 0.3) is 16.9 Å². The van der Waals surface area contributed by atoms with Crippen molar-refractivity contribution < 1.29 is 14.0 Å². The normalized spacial score (nSPS) is 13.4. The maximum absolute atomic E-state index is 13.4. The number of pyridine rings is 1. The molecular formula is C26H22Cl2FN7O2. The highest BCUT2D eigenvalue weighted by atomic mass is 35.5. The number of rotatable bonds is 7. The Balaban J connectivity index is 1.44. The summed E-state index contributed by atoms with van der Waals surface area (Å²) in [4.78, 5) is 30.3. The Morgan fingerprint density at radius 1 is 1.00 bits per heavy atom. The van der Waals surface area contributed by atoms with E-state index in [4.69, 9.17) is 23.2 Å². The van der Waals surface area contributed by atoms with Crippen molar-refractivity contribution in [2.45, 2.75) is 0 Å². The predicted molar refractivity (Wildman–Crippen MR) is 143 cm³/mol. The molecule has 4 aromatic rings. The molecule has 38 heavy (non-hydrogen) atoms. The molecule has 2 aromatic carbocycles. The van der Waals surface area contributed by atoms with Crippen LogP contribution in [0.5, 0.6) is 0 Å². The molecule has 4 N–H and O–H groups in total. The van der Waals surface area contributed by atoms with Crippen molar-refractivity contribution in [2.75, 3.05) is 25.0 Å². The fourth-order valence-electron chi connectivity index (χ4n) is 3.96. The van der Waals surface area contributed by atoms with E-state index < -0.39 is 11.7 Å². The Labute approximate surface area is 227 Å². The third-order valence-corrected chi connectivity index (χ3v) is 6.57. The zero-order valence-corrected chi connectivity index (χ0v) is 21.4. The van der Waals surface area contributed by atoms with Crippen LogP contribution in [0.3, 0.4) is 0 Å². The van der Waals surface area contributed by atoms with Gasteiger partial charge in [-0.1, -0.05) is 41.4 Å². The summed E-state index contributed by atoms with van der Waals surface area (Å²) in [5, 5.41) is 10.5. The molecule has 12 heteroatoms. The van der Waals surface area contributed by atoms with Gasteiger partial charge in [0.05, 0.1) is 33.2 Å². The Bertz CT molecular complexity index is 1470. The number of hydrazine groups is 1. The topological polar surface area (TPSA) is 113 Å². The average Bonchev–Trinajstić information content (AvgIpc) is 3.59. The largest absolute Gasteiger partial charge is 0.350 e. The number of halogens is 3. The number of nitrogens with zero attached hydrogens (tertiary/aromatic N) is 3. The molecule has 1 aliphatic heterocycles. The van der Waals surface area contributed by atoms with Gasteiger partial charge in [0.25, 0.3) is 11.8 Å². The van der Waals surface area contributed by atoms with Crippen LogP contribution in [-0.2, 0) is 0 Å². The van der Waals surface area contributed by atoms with E-state index in [1.165, 1.54) is 35.0 Å². The first-order chi connectivity index (χ1) is 18.4. The van der Waals surface area contributed by atoms with Gasteiger partial charge >= 0.3 is 0 Å². The lowest BCUT2D eigenvalue weighted by Crippen LogP contribution is -2.31. The third-order valence-electron chi connectivity index (χ3n) is 5.95. The van der Waals surface area contributed by atoms with Crippen LogP contribution in [0.15, 0.2) is 66.9 Å². The maximum Gasteiger partial charge on any atom is 0.271 e. The van der Waals surface area contributed by atoms with Gasteiger partial charge in [-0.15, -0.1) is 0 Å². The fraction of sp³-hybridized carbons (Fsp3) is 0.154. The van der Waals surface area contributed by atoms with Crippen LogP contribution in [-0.4, -0.2) is 46.2 Å². The average molecular weight is 554 g/mol. The van der Waals surface area contributed by atoms with E-state index in [2.05, 4.69) is 31.6 Å². The molecule has 0 bridgehead atoms. The third kappa shape index (κ3) is 5.68. The standard InChI is InChI=1S/C26H22Cl2FN7O2/c27-20-9-21(28)19(8-18(20)22-7-6-16(29)14-30-22)25(37)34-24-10-23(26(38)31-11-15-12-32-33-13-15)35-36(24)17-4-2-1-3-5-17/h1-10,14-15,32-33H,11-13H2,(H,31,38)(H,34,37). The van der Waals surface area contributed by atoms with Crippen molar-refractivity contribution in [2.24, 2.45) is 5.92 Å². The summed E-state index contributed by atoms with van der Waals surface area (Å²) in [7, 11) is 0. The second kappa shape index (κ2) is 11.3.